The Labute approximate surface area is 179 Å². The Bertz CT molecular complexity index is 922. The van der Waals surface area contributed by atoms with Crippen LogP contribution < -0.4 is 20.1 Å². The van der Waals surface area contributed by atoms with Crippen LogP contribution in [0.5, 0.6) is 17.2 Å². The van der Waals surface area contributed by atoms with Crippen LogP contribution in [-0.4, -0.2) is 30.7 Å². The van der Waals surface area contributed by atoms with Gasteiger partial charge in [0.2, 0.25) is 0 Å². The number of carbonyl (C=O) groups is 1. The number of benzene rings is 2. The van der Waals surface area contributed by atoms with Gasteiger partial charge in [0.15, 0.2) is 17.0 Å². The standard InChI is InChI=1S/C18H16ClIN2O4S/c1-25-13-4-3-10(19)8-12(13)21-18-22-17(24)15(27-18)7-9-5-11(20)16(23)14(6-9)26-2/h3-8,18,21,23H,1-2H3,(H,22,24)/b15-7-. The maximum atomic E-state index is 12.3. The number of hydrogen-bond donors (Lipinski definition) is 3. The van der Waals surface area contributed by atoms with Crippen molar-refractivity contribution in [3.05, 3.63) is 49.4 Å². The number of phenols is 1. The molecular weight excluding hydrogens is 503 g/mol. The third-order valence-electron chi connectivity index (χ3n) is 3.75. The van der Waals surface area contributed by atoms with E-state index in [-0.39, 0.29) is 17.2 Å². The van der Waals surface area contributed by atoms with Gasteiger partial charge in [-0.1, -0.05) is 23.4 Å². The Morgan fingerprint density at radius 1 is 1.26 bits per heavy atom. The highest BCUT2D eigenvalue weighted by Gasteiger charge is 2.28. The number of halogens is 2. The number of methoxy groups -OCH3 is 2. The number of thioether (sulfide) groups is 1. The van der Waals surface area contributed by atoms with E-state index in [1.807, 2.05) is 22.6 Å². The Morgan fingerprint density at radius 2 is 2.00 bits per heavy atom. The summed E-state index contributed by atoms with van der Waals surface area (Å²) in [5.41, 5.74) is 1.08. The van der Waals surface area contributed by atoms with Gasteiger partial charge in [-0.15, -0.1) is 0 Å². The molecule has 1 fully saturated rings. The van der Waals surface area contributed by atoms with Gasteiger partial charge in [0.05, 0.1) is 28.4 Å². The largest absolute Gasteiger partial charge is 0.504 e. The molecule has 142 valence electrons. The Kier molecular flexibility index (Phi) is 6.28. The van der Waals surface area contributed by atoms with Crippen LogP contribution in [0.25, 0.3) is 6.08 Å². The van der Waals surface area contributed by atoms with Crippen LogP contribution in [0, 0.1) is 3.57 Å². The van der Waals surface area contributed by atoms with Gasteiger partial charge in [-0.2, -0.15) is 0 Å². The summed E-state index contributed by atoms with van der Waals surface area (Å²) in [6, 6.07) is 8.69. The lowest BCUT2D eigenvalue weighted by molar-refractivity contribution is -0.116. The first-order valence-electron chi connectivity index (χ1n) is 7.77. The van der Waals surface area contributed by atoms with E-state index in [2.05, 4.69) is 10.6 Å². The summed E-state index contributed by atoms with van der Waals surface area (Å²) in [7, 11) is 3.05. The molecule has 0 spiro atoms. The zero-order valence-electron chi connectivity index (χ0n) is 14.4. The van der Waals surface area contributed by atoms with Gasteiger partial charge in [-0.05, 0) is 64.6 Å². The first-order valence-corrected chi connectivity index (χ1v) is 10.1. The lowest BCUT2D eigenvalue weighted by atomic mass is 10.2. The van der Waals surface area contributed by atoms with Crippen molar-refractivity contribution in [1.82, 2.24) is 5.32 Å². The molecule has 1 heterocycles. The second kappa shape index (κ2) is 8.49. The second-order valence-electron chi connectivity index (χ2n) is 5.52. The van der Waals surface area contributed by atoms with Crippen LogP contribution in [0.15, 0.2) is 35.2 Å². The maximum Gasteiger partial charge on any atom is 0.260 e. The molecule has 3 rings (SSSR count). The molecule has 3 N–H and O–H groups in total. The molecule has 9 heteroatoms. The molecule has 6 nitrogen and oxygen atoms in total. The molecule has 27 heavy (non-hydrogen) atoms. The summed E-state index contributed by atoms with van der Waals surface area (Å²) in [6.07, 6.45) is 1.75. The van der Waals surface area contributed by atoms with Crippen molar-refractivity contribution >= 4 is 63.6 Å². The molecule has 1 atom stereocenters. The van der Waals surface area contributed by atoms with E-state index in [0.29, 0.717) is 30.7 Å². The van der Waals surface area contributed by atoms with Gasteiger partial charge in [0.1, 0.15) is 5.75 Å². The minimum absolute atomic E-state index is 0.0800. The van der Waals surface area contributed by atoms with Crippen molar-refractivity contribution in [1.29, 1.82) is 0 Å². The average Bonchev–Trinajstić information content (AvgIpc) is 2.97. The normalized spacial score (nSPS) is 17.7. The van der Waals surface area contributed by atoms with E-state index in [1.165, 1.54) is 18.9 Å². The predicted molar refractivity (Wildman–Crippen MR) is 117 cm³/mol. The first kappa shape index (κ1) is 20.0. The highest BCUT2D eigenvalue weighted by Crippen LogP contribution is 2.36. The van der Waals surface area contributed by atoms with Crippen LogP contribution in [0.4, 0.5) is 5.69 Å². The van der Waals surface area contributed by atoms with Crippen LogP contribution in [0.3, 0.4) is 0 Å². The molecule has 2 aromatic carbocycles. The fourth-order valence-corrected chi connectivity index (χ4v) is 4.26. The Balaban J connectivity index is 1.81. The van der Waals surface area contributed by atoms with Crippen LogP contribution in [0.2, 0.25) is 5.02 Å². The van der Waals surface area contributed by atoms with Crippen molar-refractivity contribution in [2.75, 3.05) is 19.5 Å². The molecule has 2 aromatic rings. The van der Waals surface area contributed by atoms with Crippen LogP contribution >= 0.6 is 46.0 Å². The maximum absolute atomic E-state index is 12.3. The molecule has 1 aliphatic rings. The number of ether oxygens (including phenoxy) is 2. The molecule has 1 unspecified atom stereocenters. The topological polar surface area (TPSA) is 79.8 Å². The summed E-state index contributed by atoms with van der Waals surface area (Å²) in [4.78, 5) is 12.9. The highest BCUT2D eigenvalue weighted by atomic mass is 127. The molecule has 0 radical (unpaired) electrons. The molecule has 1 amide bonds. The molecule has 0 aliphatic carbocycles. The van der Waals surface area contributed by atoms with Gasteiger partial charge >= 0.3 is 0 Å². The second-order valence-corrected chi connectivity index (χ2v) is 8.27. The number of hydrogen-bond acceptors (Lipinski definition) is 6. The minimum Gasteiger partial charge on any atom is -0.504 e. The monoisotopic (exact) mass is 518 g/mol. The zero-order valence-corrected chi connectivity index (χ0v) is 18.1. The summed E-state index contributed by atoms with van der Waals surface area (Å²) < 4.78 is 11.1. The number of phenolic OH excluding ortho intramolecular Hbond substituents is 1. The number of carbonyl (C=O) groups excluding carboxylic acids is 1. The number of aromatic hydroxyl groups is 1. The smallest absolute Gasteiger partial charge is 0.260 e. The third kappa shape index (κ3) is 4.56. The van der Waals surface area contributed by atoms with Crippen molar-refractivity contribution in [2.24, 2.45) is 0 Å². The highest BCUT2D eigenvalue weighted by molar-refractivity contribution is 14.1. The molecule has 1 saturated heterocycles. The third-order valence-corrected chi connectivity index (χ3v) is 5.83. The van der Waals surface area contributed by atoms with E-state index in [1.54, 1.807) is 43.5 Å². The van der Waals surface area contributed by atoms with Gasteiger partial charge in [-0.3, -0.25) is 4.79 Å². The molecular formula is C18H16ClIN2O4S. The number of rotatable bonds is 5. The van der Waals surface area contributed by atoms with E-state index in [9.17, 15) is 9.90 Å². The van der Waals surface area contributed by atoms with E-state index >= 15 is 0 Å². The fourth-order valence-electron chi connectivity index (χ4n) is 2.48. The molecule has 1 aliphatic heterocycles. The summed E-state index contributed by atoms with van der Waals surface area (Å²) in [5.74, 6) is 0.872. The van der Waals surface area contributed by atoms with Crippen LogP contribution in [0.1, 0.15) is 5.56 Å². The van der Waals surface area contributed by atoms with E-state index in [0.717, 1.165) is 5.56 Å². The lowest BCUT2D eigenvalue weighted by Gasteiger charge is -2.15. The van der Waals surface area contributed by atoms with Gasteiger partial charge < -0.3 is 25.2 Å². The Morgan fingerprint density at radius 3 is 2.70 bits per heavy atom. The fraction of sp³-hybridized carbons (Fsp3) is 0.167. The number of nitrogens with one attached hydrogen (secondary N) is 2. The van der Waals surface area contributed by atoms with Crippen molar-refractivity contribution in [2.45, 2.75) is 5.50 Å². The van der Waals surface area contributed by atoms with Gasteiger partial charge in [-0.25, -0.2) is 0 Å². The van der Waals surface area contributed by atoms with E-state index < -0.39 is 0 Å². The predicted octanol–water partition coefficient (Wildman–Crippen LogP) is 4.27. The quantitative estimate of drug-likeness (QED) is 0.405. The zero-order chi connectivity index (χ0) is 19.6. The minimum atomic E-state index is -0.366. The first-order chi connectivity index (χ1) is 12.9. The summed E-state index contributed by atoms with van der Waals surface area (Å²) in [6.45, 7) is 0. The number of anilines is 1. The van der Waals surface area contributed by atoms with E-state index in [4.69, 9.17) is 21.1 Å². The lowest BCUT2D eigenvalue weighted by Crippen LogP contribution is -2.31. The Hall–Kier alpha value is -1.78. The van der Waals surface area contributed by atoms with Crippen molar-refractivity contribution in [3.8, 4) is 17.2 Å². The molecule has 0 saturated carbocycles. The number of amides is 1. The molecule has 0 aromatic heterocycles. The summed E-state index contributed by atoms with van der Waals surface area (Å²) >= 11 is 9.40. The average molecular weight is 519 g/mol. The van der Waals surface area contributed by atoms with Gasteiger partial charge in [0.25, 0.3) is 5.91 Å². The van der Waals surface area contributed by atoms with Gasteiger partial charge in [0, 0.05) is 5.02 Å². The SMILES string of the molecule is COc1ccc(Cl)cc1NC1NC(=O)/C(=C/c2cc(I)c(O)c(OC)c2)S1. The molecule has 0 bridgehead atoms. The summed E-state index contributed by atoms with van der Waals surface area (Å²) in [5, 5.41) is 16.6. The van der Waals surface area contributed by atoms with Crippen molar-refractivity contribution < 1.29 is 19.4 Å². The van der Waals surface area contributed by atoms with Crippen LogP contribution in [-0.2, 0) is 4.79 Å². The van der Waals surface area contributed by atoms with Crippen molar-refractivity contribution in [3.63, 3.8) is 0 Å².